The van der Waals surface area contributed by atoms with E-state index in [4.69, 9.17) is 4.74 Å². The molecule has 1 saturated carbocycles. The smallest absolute Gasteiger partial charge is 0.254 e. The highest BCUT2D eigenvalue weighted by molar-refractivity contribution is 5.95. The first kappa shape index (κ1) is 14.2. The zero-order valence-corrected chi connectivity index (χ0v) is 12.8. The molecule has 0 radical (unpaired) electrons. The molecule has 1 aromatic carbocycles. The fourth-order valence-corrected chi connectivity index (χ4v) is 2.81. The van der Waals surface area contributed by atoms with Crippen LogP contribution < -0.4 is 4.74 Å². The monoisotopic (exact) mass is 316 g/mol. The lowest BCUT2D eigenvalue weighted by molar-refractivity contribution is 0.0498. The van der Waals surface area contributed by atoms with Crippen LogP contribution in [0.25, 0.3) is 0 Å². The van der Waals surface area contributed by atoms with Crippen LogP contribution in [-0.4, -0.2) is 46.0 Å². The molecule has 1 amide bonds. The number of benzene rings is 1. The van der Waals surface area contributed by atoms with E-state index in [-0.39, 0.29) is 17.7 Å². The van der Waals surface area contributed by atoms with Gasteiger partial charge in [-0.3, -0.25) is 4.79 Å². The molecule has 6 nitrogen and oxygen atoms in total. The molecule has 2 fully saturated rings. The topological polar surface area (TPSA) is 60.2 Å². The Morgan fingerprint density at radius 1 is 1.35 bits per heavy atom. The van der Waals surface area contributed by atoms with E-state index in [1.807, 2.05) is 10.9 Å². The molecule has 1 aliphatic heterocycles. The van der Waals surface area contributed by atoms with Gasteiger partial charge in [0.25, 0.3) is 5.91 Å². The molecule has 0 N–H and O–H groups in total. The van der Waals surface area contributed by atoms with Crippen molar-refractivity contribution in [3.63, 3.8) is 0 Å². The number of nitrogens with zero attached hydrogens (tertiary/aromatic N) is 4. The van der Waals surface area contributed by atoms with Gasteiger partial charge < -0.3 is 9.64 Å². The van der Waals surface area contributed by atoms with Gasteiger partial charge in [0.05, 0.1) is 18.8 Å². The summed E-state index contributed by atoms with van der Waals surface area (Å²) in [5, 5.41) is 8.34. The van der Waals surface area contributed by atoms with Crippen molar-refractivity contribution in [2.24, 2.45) is 0 Å². The van der Waals surface area contributed by atoms with Gasteiger partial charge in [-0.15, -0.1) is 5.10 Å². The molecule has 2 aromatic rings. The van der Waals surface area contributed by atoms with Crippen LogP contribution in [0.4, 0.5) is 4.39 Å². The van der Waals surface area contributed by atoms with Crippen LogP contribution >= 0.6 is 0 Å². The SMILES string of the molecule is COc1ccc(C(=O)N2CC(n3cc(C4CC4)nn3)C2)cc1F. The van der Waals surface area contributed by atoms with E-state index in [2.05, 4.69) is 10.3 Å². The first-order valence-corrected chi connectivity index (χ1v) is 7.70. The van der Waals surface area contributed by atoms with Crippen LogP contribution in [-0.2, 0) is 0 Å². The van der Waals surface area contributed by atoms with Crippen LogP contribution in [0, 0.1) is 5.82 Å². The van der Waals surface area contributed by atoms with Crippen LogP contribution in [0.2, 0.25) is 0 Å². The second kappa shape index (κ2) is 5.33. The van der Waals surface area contributed by atoms with Crippen LogP contribution in [0.15, 0.2) is 24.4 Å². The predicted octanol–water partition coefficient (Wildman–Crippen LogP) is 2.00. The lowest BCUT2D eigenvalue weighted by Crippen LogP contribution is -2.50. The molecule has 1 aliphatic carbocycles. The van der Waals surface area contributed by atoms with E-state index in [0.717, 1.165) is 5.69 Å². The van der Waals surface area contributed by atoms with E-state index in [1.165, 1.54) is 32.1 Å². The van der Waals surface area contributed by atoms with Crippen molar-refractivity contribution >= 4 is 5.91 Å². The number of amides is 1. The molecule has 1 saturated heterocycles. The predicted molar refractivity (Wildman–Crippen MR) is 79.9 cm³/mol. The molecular formula is C16H17FN4O2. The maximum atomic E-state index is 13.7. The van der Waals surface area contributed by atoms with Gasteiger partial charge in [0, 0.05) is 30.8 Å². The van der Waals surface area contributed by atoms with Crippen LogP contribution in [0.1, 0.15) is 40.9 Å². The number of aromatic nitrogens is 3. The van der Waals surface area contributed by atoms with Gasteiger partial charge in [0.15, 0.2) is 11.6 Å². The van der Waals surface area contributed by atoms with Gasteiger partial charge in [0.1, 0.15) is 0 Å². The van der Waals surface area contributed by atoms with Gasteiger partial charge >= 0.3 is 0 Å². The maximum absolute atomic E-state index is 13.7. The molecular weight excluding hydrogens is 299 g/mol. The molecule has 0 bridgehead atoms. The number of halogens is 1. The first-order valence-electron chi connectivity index (χ1n) is 7.70. The van der Waals surface area contributed by atoms with Crippen LogP contribution in [0.5, 0.6) is 5.75 Å². The van der Waals surface area contributed by atoms with Crippen molar-refractivity contribution in [3.05, 3.63) is 41.5 Å². The Morgan fingerprint density at radius 2 is 2.13 bits per heavy atom. The molecule has 7 heteroatoms. The van der Waals surface area contributed by atoms with Crippen molar-refractivity contribution in [1.82, 2.24) is 19.9 Å². The zero-order valence-electron chi connectivity index (χ0n) is 12.8. The molecule has 1 aromatic heterocycles. The molecule has 2 heterocycles. The summed E-state index contributed by atoms with van der Waals surface area (Å²) in [6.45, 7) is 1.14. The number of carbonyl (C=O) groups excluding carboxylic acids is 1. The summed E-state index contributed by atoms with van der Waals surface area (Å²) in [6, 6.07) is 4.43. The minimum atomic E-state index is -0.527. The van der Waals surface area contributed by atoms with Gasteiger partial charge in [-0.1, -0.05) is 5.21 Å². The molecule has 2 aliphatic rings. The Kier molecular flexibility index (Phi) is 3.28. The minimum absolute atomic E-state index is 0.137. The highest BCUT2D eigenvalue weighted by Gasteiger charge is 2.35. The minimum Gasteiger partial charge on any atom is -0.494 e. The fourth-order valence-electron chi connectivity index (χ4n) is 2.81. The number of carbonyl (C=O) groups is 1. The molecule has 0 atom stereocenters. The largest absolute Gasteiger partial charge is 0.494 e. The van der Waals surface area contributed by atoms with E-state index in [0.29, 0.717) is 24.6 Å². The molecule has 120 valence electrons. The molecule has 0 unspecified atom stereocenters. The number of hydrogen-bond donors (Lipinski definition) is 0. The third kappa shape index (κ3) is 2.56. The van der Waals surface area contributed by atoms with Crippen molar-refractivity contribution in [1.29, 1.82) is 0 Å². The lowest BCUT2D eigenvalue weighted by atomic mass is 10.1. The second-order valence-corrected chi connectivity index (χ2v) is 6.11. The standard InChI is InChI=1S/C16H17FN4O2/c1-23-15-5-4-11(6-13(15)17)16(22)20-7-12(8-20)21-9-14(18-19-21)10-2-3-10/h4-6,9-10,12H,2-3,7-8H2,1H3. The van der Waals surface area contributed by atoms with Gasteiger partial charge in [0.2, 0.25) is 0 Å². The summed E-state index contributed by atoms with van der Waals surface area (Å²) in [7, 11) is 1.40. The Morgan fingerprint density at radius 3 is 2.78 bits per heavy atom. The van der Waals surface area contributed by atoms with Gasteiger partial charge in [-0.2, -0.15) is 0 Å². The lowest BCUT2D eigenvalue weighted by Gasteiger charge is -2.38. The maximum Gasteiger partial charge on any atom is 0.254 e. The average Bonchev–Trinajstić information content (AvgIpc) is 3.25. The summed E-state index contributed by atoms with van der Waals surface area (Å²) in [5.41, 5.74) is 1.38. The third-order valence-electron chi connectivity index (χ3n) is 4.45. The molecule has 4 rings (SSSR count). The Hall–Kier alpha value is -2.44. The number of hydrogen-bond acceptors (Lipinski definition) is 4. The number of ether oxygens (including phenoxy) is 1. The zero-order chi connectivity index (χ0) is 16.0. The third-order valence-corrected chi connectivity index (χ3v) is 4.45. The van der Waals surface area contributed by atoms with E-state index in [1.54, 1.807) is 11.0 Å². The Bertz CT molecular complexity index is 750. The molecule has 23 heavy (non-hydrogen) atoms. The van der Waals surface area contributed by atoms with E-state index >= 15 is 0 Å². The second-order valence-electron chi connectivity index (χ2n) is 6.11. The summed E-state index contributed by atoms with van der Waals surface area (Å²) < 4.78 is 20.4. The fraction of sp³-hybridized carbons (Fsp3) is 0.438. The normalized spacial score (nSPS) is 17.9. The number of rotatable bonds is 4. The summed E-state index contributed by atoms with van der Waals surface area (Å²) >= 11 is 0. The molecule has 0 spiro atoms. The number of likely N-dealkylation sites (tertiary alicyclic amines) is 1. The number of methoxy groups -OCH3 is 1. The van der Waals surface area contributed by atoms with E-state index < -0.39 is 5.82 Å². The van der Waals surface area contributed by atoms with Crippen molar-refractivity contribution in [2.45, 2.75) is 24.8 Å². The first-order chi connectivity index (χ1) is 11.2. The van der Waals surface area contributed by atoms with Crippen molar-refractivity contribution in [2.75, 3.05) is 20.2 Å². The highest BCUT2D eigenvalue weighted by atomic mass is 19.1. The van der Waals surface area contributed by atoms with Crippen molar-refractivity contribution in [3.8, 4) is 5.75 Å². The Labute approximate surface area is 132 Å². The van der Waals surface area contributed by atoms with Crippen LogP contribution in [0.3, 0.4) is 0 Å². The van der Waals surface area contributed by atoms with Gasteiger partial charge in [-0.25, -0.2) is 9.07 Å². The Balaban J connectivity index is 1.40. The summed E-state index contributed by atoms with van der Waals surface area (Å²) in [4.78, 5) is 14.0. The van der Waals surface area contributed by atoms with Gasteiger partial charge in [-0.05, 0) is 31.0 Å². The van der Waals surface area contributed by atoms with Crippen molar-refractivity contribution < 1.29 is 13.9 Å². The van der Waals surface area contributed by atoms with E-state index in [9.17, 15) is 9.18 Å². The highest BCUT2D eigenvalue weighted by Crippen LogP contribution is 2.39. The average molecular weight is 316 g/mol. The quantitative estimate of drug-likeness (QED) is 0.865. The summed E-state index contributed by atoms with van der Waals surface area (Å²) in [5.74, 6) is 0.00759. The summed E-state index contributed by atoms with van der Waals surface area (Å²) in [6.07, 6.45) is 4.37.